The normalized spacial score (nSPS) is 12.4. The predicted octanol–water partition coefficient (Wildman–Crippen LogP) is 6.09. The first-order valence-corrected chi connectivity index (χ1v) is 7.80. The van der Waals surface area contributed by atoms with E-state index < -0.39 is 0 Å². The topological polar surface area (TPSA) is 0 Å². The van der Waals surface area contributed by atoms with Gasteiger partial charge in [0.15, 0.2) is 0 Å². The second kappa shape index (κ2) is 6.23. The highest BCUT2D eigenvalue weighted by Gasteiger charge is 2.12. The van der Waals surface area contributed by atoms with Gasteiger partial charge < -0.3 is 0 Å². The van der Waals surface area contributed by atoms with Crippen molar-refractivity contribution in [1.29, 1.82) is 0 Å². The molecule has 2 aromatic carbocycles. The van der Waals surface area contributed by atoms with Crippen LogP contribution in [-0.4, -0.2) is 0 Å². The van der Waals surface area contributed by atoms with Crippen molar-refractivity contribution in [2.75, 3.05) is 0 Å². The van der Waals surface area contributed by atoms with Gasteiger partial charge >= 0.3 is 0 Å². The molecule has 0 saturated heterocycles. The Labute approximate surface area is 130 Å². The zero-order valence-corrected chi connectivity index (χ0v) is 13.9. The van der Waals surface area contributed by atoms with Gasteiger partial charge in [0, 0.05) is 14.3 Å². The minimum atomic E-state index is 0.299. The Morgan fingerprint density at radius 2 is 1.78 bits per heavy atom. The molecule has 0 N–H and O–H groups in total. The molecule has 0 nitrogen and oxygen atoms in total. The van der Waals surface area contributed by atoms with Gasteiger partial charge in [-0.25, -0.2) is 0 Å². The number of hydrogen-bond acceptors (Lipinski definition) is 0. The first-order valence-electron chi connectivity index (χ1n) is 5.71. The van der Waals surface area contributed by atoms with E-state index in [0.29, 0.717) is 4.83 Å². The highest BCUT2D eigenvalue weighted by molar-refractivity contribution is 9.11. The number of alkyl halides is 1. The van der Waals surface area contributed by atoms with E-state index in [2.05, 4.69) is 69.1 Å². The molecular weight excluding hydrogens is 375 g/mol. The summed E-state index contributed by atoms with van der Waals surface area (Å²) in [5.41, 5.74) is 3.81. The largest absolute Gasteiger partial charge is 0.0843 e. The molecule has 2 aromatic rings. The van der Waals surface area contributed by atoms with E-state index >= 15 is 0 Å². The number of hydrogen-bond donors (Lipinski definition) is 0. The third kappa shape index (κ3) is 3.37. The van der Waals surface area contributed by atoms with E-state index in [1.807, 2.05) is 12.1 Å². The van der Waals surface area contributed by atoms with E-state index in [0.717, 1.165) is 11.4 Å². The fourth-order valence-corrected chi connectivity index (χ4v) is 3.58. The van der Waals surface area contributed by atoms with E-state index in [9.17, 15) is 0 Å². The molecule has 0 bridgehead atoms. The number of benzene rings is 2. The molecule has 0 radical (unpaired) electrons. The van der Waals surface area contributed by atoms with Gasteiger partial charge in [-0.1, -0.05) is 73.8 Å². The molecule has 1 unspecified atom stereocenters. The Morgan fingerprint density at radius 3 is 2.44 bits per heavy atom. The van der Waals surface area contributed by atoms with Crippen molar-refractivity contribution in [3.05, 3.63) is 68.7 Å². The molecule has 0 aromatic heterocycles. The fraction of sp³-hybridized carbons (Fsp3) is 0.200. The Balaban J connectivity index is 2.19. The van der Waals surface area contributed by atoms with Crippen LogP contribution in [0.3, 0.4) is 0 Å². The molecule has 94 valence electrons. The Hall–Kier alpha value is -0.310. The predicted molar refractivity (Wildman–Crippen MR) is 85.7 cm³/mol. The van der Waals surface area contributed by atoms with E-state index in [-0.39, 0.29) is 0 Å². The van der Waals surface area contributed by atoms with Crippen LogP contribution in [-0.2, 0) is 6.42 Å². The molecule has 0 fully saturated rings. The van der Waals surface area contributed by atoms with Crippen molar-refractivity contribution in [2.24, 2.45) is 0 Å². The summed E-state index contributed by atoms with van der Waals surface area (Å²) in [7, 11) is 0. The van der Waals surface area contributed by atoms with Gasteiger partial charge in [0.1, 0.15) is 0 Å². The summed E-state index contributed by atoms with van der Waals surface area (Å²) >= 11 is 13.3. The number of halogens is 3. The highest BCUT2D eigenvalue weighted by Crippen LogP contribution is 2.34. The maximum atomic E-state index is 5.89. The smallest absolute Gasteiger partial charge is 0.0446 e. The molecule has 3 heteroatoms. The van der Waals surface area contributed by atoms with Crippen molar-refractivity contribution in [3.63, 3.8) is 0 Å². The van der Waals surface area contributed by atoms with Crippen molar-refractivity contribution in [1.82, 2.24) is 0 Å². The Kier molecular flexibility index (Phi) is 4.88. The summed E-state index contributed by atoms with van der Waals surface area (Å²) in [5, 5.41) is 0.779. The lowest BCUT2D eigenvalue weighted by atomic mass is 10.0. The average Bonchev–Trinajstić information content (AvgIpc) is 2.35. The van der Waals surface area contributed by atoms with Crippen molar-refractivity contribution in [2.45, 2.75) is 18.2 Å². The van der Waals surface area contributed by atoms with Crippen LogP contribution >= 0.6 is 43.5 Å². The quantitative estimate of drug-likeness (QED) is 0.558. The molecule has 1 atom stereocenters. The second-order valence-corrected chi connectivity index (χ2v) is 6.61. The van der Waals surface area contributed by atoms with Gasteiger partial charge in [0.2, 0.25) is 0 Å². The van der Waals surface area contributed by atoms with Crippen molar-refractivity contribution in [3.8, 4) is 0 Å². The van der Waals surface area contributed by atoms with Crippen LogP contribution < -0.4 is 0 Å². The van der Waals surface area contributed by atoms with Crippen LogP contribution in [0.15, 0.2) is 46.9 Å². The number of aryl methyl sites for hydroxylation is 1. The number of rotatable bonds is 3. The third-order valence-corrected chi connectivity index (χ3v) is 5.04. The summed E-state index contributed by atoms with van der Waals surface area (Å²) in [5.74, 6) is 0. The monoisotopic (exact) mass is 386 g/mol. The highest BCUT2D eigenvalue weighted by atomic mass is 79.9. The Bertz CT molecular complexity index is 535. The van der Waals surface area contributed by atoms with Crippen LogP contribution in [0.5, 0.6) is 0 Å². The van der Waals surface area contributed by atoms with Gasteiger partial charge in [-0.3, -0.25) is 0 Å². The van der Waals surface area contributed by atoms with Crippen LogP contribution in [0, 0.1) is 6.92 Å². The minimum Gasteiger partial charge on any atom is -0.0843 e. The lowest BCUT2D eigenvalue weighted by Gasteiger charge is -2.14. The molecule has 0 aliphatic heterocycles. The van der Waals surface area contributed by atoms with Crippen LogP contribution in [0.25, 0.3) is 0 Å². The minimum absolute atomic E-state index is 0.299. The van der Waals surface area contributed by atoms with E-state index in [1.54, 1.807) is 0 Å². The third-order valence-electron chi connectivity index (χ3n) is 2.89. The zero-order chi connectivity index (χ0) is 13.1. The molecule has 0 spiro atoms. The van der Waals surface area contributed by atoms with Crippen LogP contribution in [0.2, 0.25) is 5.02 Å². The standard InChI is InChI=1S/C15H13Br2Cl/c1-10-3-2-4-13(15(10)17)14(16)9-11-5-7-12(18)8-6-11/h2-8,14H,9H2,1H3. The molecule has 0 aliphatic carbocycles. The summed E-state index contributed by atoms with van der Waals surface area (Å²) < 4.78 is 1.18. The Morgan fingerprint density at radius 1 is 1.11 bits per heavy atom. The SMILES string of the molecule is Cc1cccc(C(Br)Cc2ccc(Cl)cc2)c1Br. The fourth-order valence-electron chi connectivity index (χ4n) is 1.85. The molecule has 18 heavy (non-hydrogen) atoms. The van der Waals surface area contributed by atoms with Gasteiger partial charge in [-0.15, -0.1) is 0 Å². The second-order valence-electron chi connectivity index (χ2n) is 4.28. The van der Waals surface area contributed by atoms with Crippen LogP contribution in [0.1, 0.15) is 21.5 Å². The summed E-state index contributed by atoms with van der Waals surface area (Å²) in [4.78, 5) is 0.299. The van der Waals surface area contributed by atoms with Gasteiger partial charge in [-0.05, 0) is 42.2 Å². The van der Waals surface area contributed by atoms with Crippen molar-refractivity contribution < 1.29 is 0 Å². The maximum absolute atomic E-state index is 5.89. The lowest BCUT2D eigenvalue weighted by molar-refractivity contribution is 0.940. The summed E-state index contributed by atoms with van der Waals surface area (Å²) in [6.45, 7) is 2.11. The lowest BCUT2D eigenvalue weighted by Crippen LogP contribution is -1.97. The maximum Gasteiger partial charge on any atom is 0.0446 e. The van der Waals surface area contributed by atoms with Crippen molar-refractivity contribution >= 4 is 43.5 Å². The summed E-state index contributed by atoms with van der Waals surface area (Å²) in [6.07, 6.45) is 0.944. The van der Waals surface area contributed by atoms with Gasteiger partial charge in [-0.2, -0.15) is 0 Å². The average molecular weight is 389 g/mol. The summed E-state index contributed by atoms with van der Waals surface area (Å²) in [6, 6.07) is 14.3. The van der Waals surface area contributed by atoms with Gasteiger partial charge in [0.25, 0.3) is 0 Å². The first kappa shape index (κ1) is 14.1. The zero-order valence-electron chi connectivity index (χ0n) is 9.96. The van der Waals surface area contributed by atoms with E-state index in [4.69, 9.17) is 11.6 Å². The molecule has 0 aliphatic rings. The molecule has 0 heterocycles. The van der Waals surface area contributed by atoms with E-state index in [1.165, 1.54) is 21.2 Å². The molecule has 0 amide bonds. The molecular formula is C15H13Br2Cl. The first-order chi connectivity index (χ1) is 8.58. The molecule has 2 rings (SSSR count). The molecule has 0 saturated carbocycles. The van der Waals surface area contributed by atoms with Gasteiger partial charge in [0.05, 0.1) is 0 Å². The van der Waals surface area contributed by atoms with Crippen LogP contribution in [0.4, 0.5) is 0 Å².